The molecule has 84 valence electrons. The van der Waals surface area contributed by atoms with Crippen LogP contribution in [0.25, 0.3) is 0 Å². The van der Waals surface area contributed by atoms with Crippen molar-refractivity contribution in [2.24, 2.45) is 5.92 Å². The van der Waals surface area contributed by atoms with Crippen molar-refractivity contribution in [2.45, 2.75) is 52.5 Å². The second kappa shape index (κ2) is 4.25. The van der Waals surface area contributed by atoms with Crippen LogP contribution in [-0.2, 0) is 19.4 Å². The lowest BCUT2D eigenvalue weighted by Gasteiger charge is -2.16. The first kappa shape index (κ1) is 10.5. The predicted octanol–water partition coefficient (Wildman–Crippen LogP) is 2.39. The van der Waals surface area contributed by atoms with Crippen LogP contribution in [0.5, 0.6) is 0 Å². The topological polar surface area (TPSA) is 43.8 Å². The van der Waals surface area contributed by atoms with Gasteiger partial charge in [-0.15, -0.1) is 0 Å². The van der Waals surface area contributed by atoms with E-state index < -0.39 is 0 Å². The average molecular weight is 207 g/mol. The Morgan fingerprint density at radius 2 is 2.33 bits per heavy atom. The van der Waals surface area contributed by atoms with Crippen molar-refractivity contribution in [3.63, 3.8) is 0 Å². The van der Waals surface area contributed by atoms with E-state index >= 15 is 0 Å². The van der Waals surface area contributed by atoms with Gasteiger partial charge in [-0.1, -0.05) is 20.3 Å². The van der Waals surface area contributed by atoms with Crippen LogP contribution in [0.4, 0.5) is 5.82 Å². The molecular formula is C12H21N3. The van der Waals surface area contributed by atoms with Gasteiger partial charge in [0.2, 0.25) is 0 Å². The Bertz CT molecular complexity index is 341. The molecule has 3 heteroatoms. The molecule has 0 spiro atoms. The summed E-state index contributed by atoms with van der Waals surface area (Å²) in [6.07, 6.45) is 5.85. The molecule has 1 aliphatic rings. The number of rotatable bonds is 3. The Labute approximate surface area is 91.7 Å². The zero-order valence-corrected chi connectivity index (χ0v) is 9.79. The van der Waals surface area contributed by atoms with Crippen molar-refractivity contribution < 1.29 is 0 Å². The van der Waals surface area contributed by atoms with Crippen molar-refractivity contribution in [3.05, 3.63) is 11.3 Å². The second-order valence-electron chi connectivity index (χ2n) is 4.74. The van der Waals surface area contributed by atoms with Gasteiger partial charge in [0.15, 0.2) is 0 Å². The van der Waals surface area contributed by atoms with Crippen LogP contribution in [0.15, 0.2) is 0 Å². The van der Waals surface area contributed by atoms with Crippen LogP contribution < -0.4 is 5.73 Å². The van der Waals surface area contributed by atoms with E-state index in [4.69, 9.17) is 5.73 Å². The summed E-state index contributed by atoms with van der Waals surface area (Å²) < 4.78 is 2.01. The van der Waals surface area contributed by atoms with Crippen LogP contribution in [0.1, 0.15) is 44.4 Å². The zero-order valence-electron chi connectivity index (χ0n) is 9.79. The van der Waals surface area contributed by atoms with E-state index in [0.29, 0.717) is 0 Å². The van der Waals surface area contributed by atoms with Crippen molar-refractivity contribution in [1.29, 1.82) is 0 Å². The van der Waals surface area contributed by atoms with Gasteiger partial charge in [-0.05, 0) is 31.6 Å². The number of nitrogen functional groups attached to an aromatic ring is 1. The lowest BCUT2D eigenvalue weighted by Crippen LogP contribution is -2.11. The maximum atomic E-state index is 6.13. The Kier molecular flexibility index (Phi) is 2.98. The molecule has 0 radical (unpaired) electrons. The third-order valence-electron chi connectivity index (χ3n) is 3.33. The summed E-state index contributed by atoms with van der Waals surface area (Å²) in [6, 6.07) is 0. The summed E-state index contributed by atoms with van der Waals surface area (Å²) in [5.41, 5.74) is 8.70. The standard InChI is InChI=1S/C12H21N3/c1-3-4-7-15-12(13)10-8-9(2)5-6-11(10)14-15/h9H,3-8,13H2,1-2H3. The fraction of sp³-hybridized carbons (Fsp3) is 0.750. The molecule has 1 aromatic heterocycles. The number of fused-ring (bicyclic) bond motifs is 1. The first-order valence-corrected chi connectivity index (χ1v) is 6.06. The average Bonchev–Trinajstić information content (AvgIpc) is 2.53. The van der Waals surface area contributed by atoms with Crippen molar-refractivity contribution in [1.82, 2.24) is 9.78 Å². The zero-order chi connectivity index (χ0) is 10.8. The number of nitrogens with two attached hydrogens (primary N) is 1. The third kappa shape index (κ3) is 2.01. The molecule has 1 unspecified atom stereocenters. The van der Waals surface area contributed by atoms with Gasteiger partial charge in [0.1, 0.15) is 5.82 Å². The van der Waals surface area contributed by atoms with Gasteiger partial charge in [0.05, 0.1) is 5.69 Å². The molecule has 0 saturated heterocycles. The largest absolute Gasteiger partial charge is 0.384 e. The number of aromatic nitrogens is 2. The van der Waals surface area contributed by atoms with Crippen LogP contribution in [0.2, 0.25) is 0 Å². The molecule has 1 aliphatic carbocycles. The number of anilines is 1. The summed E-state index contributed by atoms with van der Waals surface area (Å²) in [4.78, 5) is 0. The van der Waals surface area contributed by atoms with Gasteiger partial charge in [0.25, 0.3) is 0 Å². The first-order chi connectivity index (χ1) is 7.22. The molecule has 0 amide bonds. The Morgan fingerprint density at radius 1 is 1.53 bits per heavy atom. The van der Waals surface area contributed by atoms with Crippen molar-refractivity contribution in [3.8, 4) is 0 Å². The fourth-order valence-electron chi connectivity index (χ4n) is 2.30. The third-order valence-corrected chi connectivity index (χ3v) is 3.33. The summed E-state index contributed by atoms with van der Waals surface area (Å²) in [7, 11) is 0. The molecule has 15 heavy (non-hydrogen) atoms. The Hall–Kier alpha value is -0.990. The molecule has 0 bridgehead atoms. The van der Waals surface area contributed by atoms with Gasteiger partial charge >= 0.3 is 0 Å². The molecule has 0 aliphatic heterocycles. The summed E-state index contributed by atoms with van der Waals surface area (Å²) in [5.74, 6) is 1.69. The quantitative estimate of drug-likeness (QED) is 0.827. The highest BCUT2D eigenvalue weighted by molar-refractivity contribution is 5.45. The molecule has 0 fully saturated rings. The maximum absolute atomic E-state index is 6.13. The van der Waals surface area contributed by atoms with E-state index in [0.717, 1.165) is 31.1 Å². The molecule has 0 aromatic carbocycles. The van der Waals surface area contributed by atoms with Gasteiger partial charge in [-0.2, -0.15) is 5.10 Å². The smallest absolute Gasteiger partial charge is 0.125 e. The highest BCUT2D eigenvalue weighted by atomic mass is 15.3. The monoisotopic (exact) mass is 207 g/mol. The summed E-state index contributed by atoms with van der Waals surface area (Å²) in [6.45, 7) is 5.47. The van der Waals surface area contributed by atoms with Gasteiger partial charge < -0.3 is 5.73 Å². The van der Waals surface area contributed by atoms with Crippen LogP contribution >= 0.6 is 0 Å². The lowest BCUT2D eigenvalue weighted by molar-refractivity contribution is 0.495. The molecule has 3 nitrogen and oxygen atoms in total. The molecule has 1 heterocycles. The normalized spacial score (nSPS) is 20.3. The molecule has 1 aromatic rings. The molecule has 0 saturated carbocycles. The number of hydrogen-bond acceptors (Lipinski definition) is 2. The Balaban J connectivity index is 2.20. The van der Waals surface area contributed by atoms with E-state index in [2.05, 4.69) is 18.9 Å². The molecule has 2 rings (SSSR count). The van der Waals surface area contributed by atoms with E-state index in [1.807, 2.05) is 4.68 Å². The second-order valence-corrected chi connectivity index (χ2v) is 4.74. The lowest BCUT2D eigenvalue weighted by atomic mass is 9.89. The van der Waals surface area contributed by atoms with Gasteiger partial charge in [-0.3, -0.25) is 0 Å². The minimum Gasteiger partial charge on any atom is -0.384 e. The SMILES string of the molecule is CCCCn1nc2c(c1N)CC(C)CC2. The Morgan fingerprint density at radius 3 is 3.07 bits per heavy atom. The van der Waals surface area contributed by atoms with E-state index in [1.54, 1.807) is 0 Å². The van der Waals surface area contributed by atoms with E-state index in [-0.39, 0.29) is 0 Å². The number of nitrogens with zero attached hydrogens (tertiary/aromatic N) is 2. The summed E-state index contributed by atoms with van der Waals surface area (Å²) in [5, 5.41) is 4.61. The molecule has 1 atom stereocenters. The van der Waals surface area contributed by atoms with Crippen molar-refractivity contribution >= 4 is 5.82 Å². The van der Waals surface area contributed by atoms with Crippen LogP contribution in [0, 0.1) is 5.92 Å². The van der Waals surface area contributed by atoms with E-state index in [9.17, 15) is 0 Å². The first-order valence-electron chi connectivity index (χ1n) is 6.06. The fourth-order valence-corrected chi connectivity index (χ4v) is 2.30. The maximum Gasteiger partial charge on any atom is 0.125 e. The number of unbranched alkanes of at least 4 members (excludes halogenated alkanes) is 1. The minimum absolute atomic E-state index is 0.767. The number of aryl methyl sites for hydroxylation is 2. The highest BCUT2D eigenvalue weighted by Gasteiger charge is 2.22. The summed E-state index contributed by atoms with van der Waals surface area (Å²) >= 11 is 0. The van der Waals surface area contributed by atoms with Gasteiger partial charge in [-0.25, -0.2) is 4.68 Å². The van der Waals surface area contributed by atoms with Gasteiger partial charge in [0, 0.05) is 12.1 Å². The molecule has 2 N–H and O–H groups in total. The minimum atomic E-state index is 0.767. The van der Waals surface area contributed by atoms with Crippen LogP contribution in [-0.4, -0.2) is 9.78 Å². The number of hydrogen-bond donors (Lipinski definition) is 1. The van der Waals surface area contributed by atoms with Crippen LogP contribution in [0.3, 0.4) is 0 Å². The molecular weight excluding hydrogens is 186 g/mol. The highest BCUT2D eigenvalue weighted by Crippen LogP contribution is 2.29. The predicted molar refractivity (Wildman–Crippen MR) is 62.7 cm³/mol. The van der Waals surface area contributed by atoms with E-state index in [1.165, 1.54) is 30.5 Å². The van der Waals surface area contributed by atoms with Crippen molar-refractivity contribution in [2.75, 3.05) is 5.73 Å².